The molecule has 0 heterocycles. The first kappa shape index (κ1) is 55.0. The summed E-state index contributed by atoms with van der Waals surface area (Å²) in [5.74, 6) is 4.62. The third kappa shape index (κ3) is 14.9. The highest BCUT2D eigenvalue weighted by Gasteiger charge is 2.43. The number of likely N-dealkylation sites (N-methyl/N-ethyl adjacent to an activating group) is 2. The van der Waals surface area contributed by atoms with Crippen LogP contribution in [-0.2, 0) is 0 Å². The van der Waals surface area contributed by atoms with Crippen molar-refractivity contribution in [3.8, 4) is 40.2 Å². The van der Waals surface area contributed by atoms with Crippen molar-refractivity contribution in [1.29, 1.82) is 0 Å². The van der Waals surface area contributed by atoms with Gasteiger partial charge >= 0.3 is 0 Å². The Labute approximate surface area is 427 Å². The number of β-amino-alcohol motifs (C(OH)–C–C–N with tert-alkyl or cyclic N) is 2. The highest BCUT2D eigenvalue weighted by atomic mass is 16.5. The number of methoxy groups -OCH3 is 5. The van der Waals surface area contributed by atoms with Gasteiger partial charge in [0.05, 0.1) is 47.6 Å². The van der Waals surface area contributed by atoms with Gasteiger partial charge in [-0.05, 0) is 124 Å². The van der Waals surface area contributed by atoms with E-state index in [0.717, 1.165) is 39.5 Å². The number of nitrogens with zero attached hydrogens (tertiary/aromatic N) is 2. The maximum Gasteiger partial charge on any atom is 0.161 e. The molecule has 5 atom stereocenters. The first-order chi connectivity index (χ1) is 34.7. The average Bonchev–Trinajstić information content (AvgIpc) is 3.41. The first-order valence-corrected chi connectivity index (χ1v) is 24.5. The van der Waals surface area contributed by atoms with Crippen LogP contribution >= 0.6 is 0 Å². The molecule has 0 saturated heterocycles. The topological polar surface area (TPSA) is 136 Å². The van der Waals surface area contributed by atoms with Gasteiger partial charge in [-0.25, -0.2) is 0 Å². The Morgan fingerprint density at radius 3 is 1.25 bits per heavy atom. The van der Waals surface area contributed by atoms with Gasteiger partial charge in [-0.1, -0.05) is 91.0 Å². The van der Waals surface area contributed by atoms with E-state index in [0.29, 0.717) is 36.0 Å². The molecular weight excluding hydrogens is 909 g/mol. The Morgan fingerprint density at radius 1 is 0.458 bits per heavy atom. The first-order valence-electron chi connectivity index (χ1n) is 24.5. The minimum atomic E-state index is -0.879. The monoisotopic (exact) mass is 985 g/mol. The molecule has 0 aromatic heterocycles. The molecule has 0 saturated carbocycles. The zero-order valence-corrected chi connectivity index (χ0v) is 43.7. The van der Waals surface area contributed by atoms with Crippen LogP contribution < -0.4 is 43.8 Å². The molecule has 13 nitrogen and oxygen atoms in total. The van der Waals surface area contributed by atoms with Gasteiger partial charge in [-0.15, -0.1) is 0 Å². The minimum Gasteiger partial charge on any atom is -0.497 e. The molecule has 6 aromatic rings. The highest BCUT2D eigenvalue weighted by Crippen LogP contribution is 2.38. The van der Waals surface area contributed by atoms with E-state index < -0.39 is 23.3 Å². The van der Waals surface area contributed by atoms with Gasteiger partial charge in [-0.2, -0.15) is 0 Å². The van der Waals surface area contributed by atoms with E-state index in [1.807, 2.05) is 91.0 Å². The summed E-state index contributed by atoms with van der Waals surface area (Å²) in [5, 5.41) is 31.0. The van der Waals surface area contributed by atoms with Crippen molar-refractivity contribution >= 4 is 0 Å². The Bertz CT molecular complexity index is 2460. The zero-order valence-electron chi connectivity index (χ0n) is 43.7. The highest BCUT2D eigenvalue weighted by molar-refractivity contribution is 5.41. The molecule has 6 aromatic carbocycles. The van der Waals surface area contributed by atoms with Gasteiger partial charge in [0.1, 0.15) is 42.7 Å². The van der Waals surface area contributed by atoms with Gasteiger partial charge in [0.25, 0.3) is 0 Å². The van der Waals surface area contributed by atoms with Crippen LogP contribution in [0.15, 0.2) is 152 Å². The summed E-state index contributed by atoms with van der Waals surface area (Å²) in [7, 11) is 12.5. The van der Waals surface area contributed by atoms with E-state index in [-0.39, 0.29) is 44.4 Å². The second-order valence-electron chi connectivity index (χ2n) is 19.1. The Kier molecular flexibility index (Phi) is 20.2. The van der Waals surface area contributed by atoms with Crippen molar-refractivity contribution in [2.75, 3.05) is 82.5 Å². The summed E-state index contributed by atoms with van der Waals surface area (Å²) in [6.45, 7) is 7.70. The molecule has 386 valence electrons. The van der Waals surface area contributed by atoms with E-state index in [2.05, 4.69) is 116 Å². The van der Waals surface area contributed by atoms with E-state index in [1.165, 1.54) is 0 Å². The third-order valence-corrected chi connectivity index (χ3v) is 13.4. The van der Waals surface area contributed by atoms with Gasteiger partial charge in [-0.3, -0.25) is 9.80 Å². The second-order valence-corrected chi connectivity index (χ2v) is 19.1. The number of aliphatic hydroxyl groups is 2. The minimum absolute atomic E-state index is 0.0400. The van der Waals surface area contributed by atoms with Crippen molar-refractivity contribution in [2.45, 2.75) is 68.6 Å². The third-order valence-electron chi connectivity index (χ3n) is 13.4. The van der Waals surface area contributed by atoms with E-state index in [4.69, 9.17) is 33.2 Å². The molecule has 6 rings (SSSR count). The number of aliphatic hydroxyl groups excluding tert-OH is 2. The predicted octanol–water partition coefficient (Wildman–Crippen LogP) is 8.83. The zero-order chi connectivity index (χ0) is 51.7. The van der Waals surface area contributed by atoms with Crippen molar-refractivity contribution in [1.82, 2.24) is 20.4 Å². The second kappa shape index (κ2) is 26.4. The van der Waals surface area contributed by atoms with E-state index in [9.17, 15) is 10.2 Å². The average molecular weight is 985 g/mol. The molecule has 0 aliphatic carbocycles. The number of hydrogen-bond donors (Lipinski definition) is 4. The molecule has 0 spiro atoms. The van der Waals surface area contributed by atoms with Gasteiger partial charge in [0, 0.05) is 36.8 Å². The molecular formula is C59H76N4O9. The SMILES string of the molecule is COc1ccc(C(c2ccc(OC)cc2)N(C)CC(C)(CC(N(C)C(c2ccccc2)c2ccc(OC)cc2)C(C)(C)NCC(O)COc2ccccc2OC)NCC(O)COc2ccccc2OC)cc1. The van der Waals surface area contributed by atoms with Crippen molar-refractivity contribution in [3.63, 3.8) is 0 Å². The standard InChI is InChI=1S/C59H76N4O9/c1-58(2,60-37-46(64)39-71-53-22-16-14-20-51(53)69-9)55(63(5)57(42-18-12-11-13-19-42)45-28-34-50(68-8)35-29-45)36-59(3,61-38-47(65)40-72-54-23-17-15-21-52(54)70-10)41-62(4)56(43-24-30-48(66-6)31-25-43)44-26-32-49(67-7)33-27-44/h11-35,46-47,55-57,60-61,64-65H,36-41H2,1-10H3. The maximum atomic E-state index is 11.7. The Morgan fingerprint density at radius 2 is 0.833 bits per heavy atom. The van der Waals surface area contributed by atoms with Crippen LogP contribution in [0.5, 0.6) is 40.2 Å². The fraction of sp³-hybridized carbons (Fsp3) is 0.390. The molecule has 0 radical (unpaired) electrons. The van der Waals surface area contributed by atoms with Crippen molar-refractivity contribution in [3.05, 3.63) is 174 Å². The van der Waals surface area contributed by atoms with Crippen LogP contribution in [0.3, 0.4) is 0 Å². The summed E-state index contributed by atoms with van der Waals surface area (Å²) in [6.07, 6.45) is -1.16. The fourth-order valence-electron chi connectivity index (χ4n) is 9.54. The van der Waals surface area contributed by atoms with Crippen LogP contribution in [0.1, 0.15) is 61.5 Å². The van der Waals surface area contributed by atoms with Crippen LogP contribution in [0.2, 0.25) is 0 Å². The number of nitrogens with one attached hydrogen (secondary N) is 2. The molecule has 0 aliphatic heterocycles. The van der Waals surface area contributed by atoms with Crippen LogP contribution in [0, 0.1) is 0 Å². The van der Waals surface area contributed by atoms with Crippen LogP contribution in [0.25, 0.3) is 0 Å². The largest absolute Gasteiger partial charge is 0.497 e. The van der Waals surface area contributed by atoms with E-state index in [1.54, 1.807) is 35.5 Å². The molecule has 5 unspecified atom stereocenters. The van der Waals surface area contributed by atoms with Crippen LogP contribution in [0.4, 0.5) is 0 Å². The lowest BCUT2D eigenvalue weighted by Crippen LogP contribution is -2.64. The van der Waals surface area contributed by atoms with E-state index >= 15 is 0 Å². The quantitative estimate of drug-likeness (QED) is 0.0357. The van der Waals surface area contributed by atoms with Crippen molar-refractivity contribution in [2.24, 2.45) is 0 Å². The molecule has 13 heteroatoms. The number of benzene rings is 6. The Balaban J connectivity index is 1.40. The molecule has 0 amide bonds. The number of rotatable bonds is 29. The molecule has 0 aliphatic rings. The molecule has 0 fully saturated rings. The molecule has 4 N–H and O–H groups in total. The lowest BCUT2D eigenvalue weighted by molar-refractivity contribution is 0.0434. The summed E-state index contributed by atoms with van der Waals surface area (Å²) in [6, 6.07) is 49.4. The number of para-hydroxylation sites is 4. The summed E-state index contributed by atoms with van der Waals surface area (Å²) in [4.78, 5) is 4.80. The molecule has 72 heavy (non-hydrogen) atoms. The summed E-state index contributed by atoms with van der Waals surface area (Å²) >= 11 is 0. The van der Waals surface area contributed by atoms with Gasteiger partial charge in [0.15, 0.2) is 23.0 Å². The van der Waals surface area contributed by atoms with Gasteiger partial charge < -0.3 is 54.0 Å². The maximum absolute atomic E-state index is 11.7. The normalized spacial score (nSPS) is 14.3. The summed E-state index contributed by atoms with van der Waals surface area (Å²) < 4.78 is 40.1. The Hall–Kier alpha value is -6.32. The number of hydrogen-bond acceptors (Lipinski definition) is 13. The smallest absolute Gasteiger partial charge is 0.161 e. The number of ether oxygens (including phenoxy) is 7. The van der Waals surface area contributed by atoms with Crippen LogP contribution in [-0.4, -0.2) is 132 Å². The lowest BCUT2D eigenvalue weighted by Gasteiger charge is -2.50. The summed E-state index contributed by atoms with van der Waals surface area (Å²) in [5.41, 5.74) is 3.02. The predicted molar refractivity (Wildman–Crippen MR) is 285 cm³/mol. The lowest BCUT2D eigenvalue weighted by atomic mass is 9.80. The van der Waals surface area contributed by atoms with Crippen molar-refractivity contribution < 1.29 is 43.4 Å². The van der Waals surface area contributed by atoms with Gasteiger partial charge in [0.2, 0.25) is 0 Å². The fourth-order valence-corrected chi connectivity index (χ4v) is 9.54. The molecule has 0 bridgehead atoms.